The number of benzene rings is 2. The molecule has 0 aliphatic rings. The van der Waals surface area contributed by atoms with Crippen LogP contribution < -0.4 is 14.8 Å². The van der Waals surface area contributed by atoms with Gasteiger partial charge < -0.3 is 19.4 Å². The van der Waals surface area contributed by atoms with Crippen LogP contribution in [0.4, 0.5) is 0 Å². The fourth-order valence-electron chi connectivity index (χ4n) is 3.03. The van der Waals surface area contributed by atoms with Crippen molar-refractivity contribution in [2.24, 2.45) is 0 Å². The molecule has 0 spiro atoms. The van der Waals surface area contributed by atoms with E-state index in [1.807, 2.05) is 30.3 Å². The van der Waals surface area contributed by atoms with E-state index in [2.05, 4.69) is 34.3 Å². The number of nitrogens with zero attached hydrogens (tertiary/aromatic N) is 1. The van der Waals surface area contributed by atoms with Gasteiger partial charge in [0.1, 0.15) is 0 Å². The van der Waals surface area contributed by atoms with E-state index in [0.717, 1.165) is 12.1 Å². The van der Waals surface area contributed by atoms with Gasteiger partial charge in [0.25, 0.3) is 0 Å². The fourth-order valence-corrected chi connectivity index (χ4v) is 3.03. The summed E-state index contributed by atoms with van der Waals surface area (Å²) in [5.74, 6) is 1.43. The van der Waals surface area contributed by atoms with Gasteiger partial charge in [-0.3, -0.25) is 4.79 Å². The van der Waals surface area contributed by atoms with E-state index in [-0.39, 0.29) is 5.91 Å². The molecule has 0 radical (unpaired) electrons. The van der Waals surface area contributed by atoms with Gasteiger partial charge in [-0.1, -0.05) is 24.3 Å². The van der Waals surface area contributed by atoms with Crippen molar-refractivity contribution in [3.8, 4) is 11.5 Å². The maximum absolute atomic E-state index is 12.1. The minimum Gasteiger partial charge on any atom is -0.493 e. The summed E-state index contributed by atoms with van der Waals surface area (Å²) in [5, 5.41) is 4.21. The smallest absolute Gasteiger partial charge is 0.220 e. The first-order valence-corrected chi connectivity index (χ1v) is 8.72. The molecule has 1 aromatic heterocycles. The average Bonchev–Trinajstić information content (AvgIpc) is 3.09. The van der Waals surface area contributed by atoms with Crippen LogP contribution in [-0.2, 0) is 17.8 Å². The lowest BCUT2D eigenvalue weighted by Gasteiger charge is -2.10. The molecule has 1 amide bonds. The minimum atomic E-state index is 0.0521. The van der Waals surface area contributed by atoms with Crippen LogP contribution in [0.3, 0.4) is 0 Å². The first kappa shape index (κ1) is 17.9. The summed E-state index contributed by atoms with van der Waals surface area (Å²) >= 11 is 0. The zero-order valence-electron chi connectivity index (χ0n) is 15.2. The Morgan fingerprint density at radius 2 is 1.85 bits per heavy atom. The highest BCUT2D eigenvalue weighted by Gasteiger charge is 2.07. The third kappa shape index (κ3) is 4.17. The summed E-state index contributed by atoms with van der Waals surface area (Å²) in [4.78, 5) is 12.1. The number of carbonyl (C=O) groups excluding carboxylic acids is 1. The van der Waals surface area contributed by atoms with Gasteiger partial charge in [-0.15, -0.1) is 0 Å². The second kappa shape index (κ2) is 8.43. The molecular formula is C21H24N2O3. The van der Waals surface area contributed by atoms with Crippen LogP contribution in [0.2, 0.25) is 0 Å². The van der Waals surface area contributed by atoms with Gasteiger partial charge in [-0.2, -0.15) is 0 Å². The Kier molecular flexibility index (Phi) is 5.79. The molecule has 2 aromatic carbocycles. The van der Waals surface area contributed by atoms with Crippen LogP contribution in [0, 0.1) is 0 Å². The molecule has 0 unspecified atom stereocenters. The Bertz CT molecular complexity index is 886. The summed E-state index contributed by atoms with van der Waals surface area (Å²) in [6.45, 7) is 1.37. The van der Waals surface area contributed by atoms with Crippen LogP contribution in [0.15, 0.2) is 54.7 Å². The van der Waals surface area contributed by atoms with Gasteiger partial charge in [-0.25, -0.2) is 0 Å². The fraction of sp³-hybridized carbons (Fsp3) is 0.286. The molecular weight excluding hydrogens is 328 g/mol. The highest BCUT2D eigenvalue weighted by Crippen LogP contribution is 2.27. The van der Waals surface area contributed by atoms with Gasteiger partial charge in [0.05, 0.1) is 14.2 Å². The molecule has 3 aromatic rings. The Labute approximate surface area is 153 Å². The van der Waals surface area contributed by atoms with Crippen molar-refractivity contribution >= 4 is 16.8 Å². The molecule has 0 saturated carbocycles. The number of ether oxygens (including phenoxy) is 2. The van der Waals surface area contributed by atoms with E-state index < -0.39 is 0 Å². The molecule has 0 fully saturated rings. The summed E-state index contributed by atoms with van der Waals surface area (Å²) in [6, 6.07) is 16.1. The number of rotatable bonds is 8. The maximum Gasteiger partial charge on any atom is 0.220 e. The molecule has 0 aliphatic carbocycles. The lowest BCUT2D eigenvalue weighted by molar-refractivity contribution is -0.121. The third-order valence-corrected chi connectivity index (χ3v) is 4.44. The van der Waals surface area contributed by atoms with Crippen molar-refractivity contribution in [2.75, 3.05) is 20.8 Å². The molecule has 5 heteroatoms. The zero-order chi connectivity index (χ0) is 18.4. The predicted octanol–water partition coefficient (Wildman–Crippen LogP) is 3.41. The van der Waals surface area contributed by atoms with Gasteiger partial charge >= 0.3 is 0 Å². The van der Waals surface area contributed by atoms with E-state index in [1.54, 1.807) is 14.2 Å². The predicted molar refractivity (Wildman–Crippen MR) is 103 cm³/mol. The first-order chi connectivity index (χ1) is 12.7. The number of methoxy groups -OCH3 is 2. The van der Waals surface area contributed by atoms with Crippen LogP contribution in [0.1, 0.15) is 12.0 Å². The summed E-state index contributed by atoms with van der Waals surface area (Å²) < 4.78 is 12.7. The van der Waals surface area contributed by atoms with Crippen molar-refractivity contribution in [3.05, 3.63) is 60.3 Å². The molecule has 5 nitrogen and oxygen atoms in total. The summed E-state index contributed by atoms with van der Waals surface area (Å²) in [7, 11) is 3.22. The Balaban J connectivity index is 1.47. The van der Waals surface area contributed by atoms with Crippen molar-refractivity contribution in [1.82, 2.24) is 9.88 Å². The second-order valence-corrected chi connectivity index (χ2v) is 6.11. The van der Waals surface area contributed by atoms with E-state index in [9.17, 15) is 4.79 Å². The van der Waals surface area contributed by atoms with E-state index in [0.29, 0.717) is 30.9 Å². The number of fused-ring (bicyclic) bond motifs is 1. The molecule has 3 rings (SSSR count). The molecule has 0 bridgehead atoms. The molecule has 1 N–H and O–H groups in total. The van der Waals surface area contributed by atoms with Crippen molar-refractivity contribution in [2.45, 2.75) is 19.4 Å². The topological polar surface area (TPSA) is 52.5 Å². The van der Waals surface area contributed by atoms with E-state index >= 15 is 0 Å². The normalized spacial score (nSPS) is 10.7. The number of aryl methyl sites for hydroxylation is 1. The number of aromatic nitrogens is 1. The summed E-state index contributed by atoms with van der Waals surface area (Å²) in [5.41, 5.74) is 2.24. The highest BCUT2D eigenvalue weighted by atomic mass is 16.5. The summed E-state index contributed by atoms with van der Waals surface area (Å²) in [6.07, 6.45) is 3.17. The number of hydrogen-bond donors (Lipinski definition) is 1. The number of amides is 1. The Morgan fingerprint density at radius 3 is 2.65 bits per heavy atom. The van der Waals surface area contributed by atoms with Crippen LogP contribution >= 0.6 is 0 Å². The van der Waals surface area contributed by atoms with Crippen molar-refractivity contribution < 1.29 is 14.3 Å². The maximum atomic E-state index is 12.1. The molecule has 0 aliphatic heterocycles. The van der Waals surface area contributed by atoms with Crippen LogP contribution in [0.5, 0.6) is 11.5 Å². The molecule has 1 heterocycles. The second-order valence-electron chi connectivity index (χ2n) is 6.11. The van der Waals surface area contributed by atoms with Crippen LogP contribution in [0.25, 0.3) is 10.9 Å². The quantitative estimate of drug-likeness (QED) is 0.676. The monoisotopic (exact) mass is 352 g/mol. The van der Waals surface area contributed by atoms with E-state index in [4.69, 9.17) is 9.47 Å². The Hall–Kier alpha value is -2.95. The first-order valence-electron chi connectivity index (χ1n) is 8.72. The van der Waals surface area contributed by atoms with Gasteiger partial charge in [0.2, 0.25) is 5.91 Å². The molecule has 136 valence electrons. The largest absolute Gasteiger partial charge is 0.493 e. The van der Waals surface area contributed by atoms with Crippen LogP contribution in [-0.4, -0.2) is 31.2 Å². The number of para-hydroxylation sites is 1. The zero-order valence-corrected chi connectivity index (χ0v) is 15.2. The lowest BCUT2D eigenvalue weighted by Crippen LogP contribution is -2.27. The third-order valence-electron chi connectivity index (χ3n) is 4.44. The van der Waals surface area contributed by atoms with Gasteiger partial charge in [-0.05, 0) is 41.6 Å². The highest BCUT2D eigenvalue weighted by molar-refractivity contribution is 5.80. The van der Waals surface area contributed by atoms with E-state index in [1.165, 1.54) is 10.9 Å². The molecule has 0 saturated heterocycles. The lowest BCUT2D eigenvalue weighted by atomic mass is 10.1. The van der Waals surface area contributed by atoms with Crippen molar-refractivity contribution in [1.29, 1.82) is 0 Å². The van der Waals surface area contributed by atoms with Crippen molar-refractivity contribution in [3.63, 3.8) is 0 Å². The molecule has 0 atom stereocenters. The number of nitrogens with one attached hydrogen (secondary N) is 1. The number of carbonyl (C=O) groups is 1. The minimum absolute atomic E-state index is 0.0521. The SMILES string of the molecule is COc1ccc(CCC(=O)NCCn2ccc3ccccc32)cc1OC. The standard InChI is InChI=1S/C21H24N2O3/c1-25-19-9-7-16(15-20(19)26-2)8-10-21(24)22-12-14-23-13-11-17-5-3-4-6-18(17)23/h3-7,9,11,13,15H,8,10,12,14H2,1-2H3,(H,22,24). The molecule has 26 heavy (non-hydrogen) atoms. The number of hydrogen-bond acceptors (Lipinski definition) is 3. The van der Waals surface area contributed by atoms with Gasteiger partial charge in [0, 0.05) is 31.2 Å². The average molecular weight is 352 g/mol. The van der Waals surface area contributed by atoms with Gasteiger partial charge in [0.15, 0.2) is 11.5 Å². The Morgan fingerprint density at radius 1 is 1.04 bits per heavy atom.